The van der Waals surface area contributed by atoms with E-state index in [0.29, 0.717) is 11.3 Å². The van der Waals surface area contributed by atoms with Crippen molar-refractivity contribution >= 4 is 10.1 Å². The summed E-state index contributed by atoms with van der Waals surface area (Å²) in [6, 6.07) is 5.92. The molecular formula is C11H13F3O4S. The maximum atomic E-state index is 12.0. The average Bonchev–Trinajstić information content (AvgIpc) is 2.26. The molecule has 1 aromatic rings. The summed E-state index contributed by atoms with van der Waals surface area (Å²) < 4.78 is 66.6. The smallest absolute Gasteiger partial charge is 0.491 e. The van der Waals surface area contributed by atoms with E-state index < -0.39 is 22.2 Å². The minimum Gasteiger partial charge on any atom is -0.491 e. The van der Waals surface area contributed by atoms with E-state index in [1.54, 1.807) is 0 Å². The van der Waals surface area contributed by atoms with Crippen molar-refractivity contribution in [2.75, 3.05) is 0 Å². The Hall–Kier alpha value is -1.28. The highest BCUT2D eigenvalue weighted by atomic mass is 32.2. The minimum atomic E-state index is -5.56. The van der Waals surface area contributed by atoms with Crippen LogP contribution in [-0.4, -0.2) is 20.0 Å². The van der Waals surface area contributed by atoms with Crippen molar-refractivity contribution in [1.29, 1.82) is 0 Å². The van der Waals surface area contributed by atoms with Gasteiger partial charge in [-0.1, -0.05) is 12.1 Å². The molecule has 4 nitrogen and oxygen atoms in total. The topological polar surface area (TPSA) is 52.6 Å². The second-order valence-corrected chi connectivity index (χ2v) is 5.58. The lowest BCUT2D eigenvalue weighted by Crippen LogP contribution is -2.25. The molecule has 108 valence electrons. The van der Waals surface area contributed by atoms with E-state index in [1.807, 2.05) is 13.8 Å². The highest BCUT2D eigenvalue weighted by Gasteiger charge is 2.47. The van der Waals surface area contributed by atoms with E-state index in [-0.39, 0.29) is 6.10 Å². The maximum Gasteiger partial charge on any atom is 0.523 e. The van der Waals surface area contributed by atoms with Gasteiger partial charge in [0.2, 0.25) is 0 Å². The monoisotopic (exact) mass is 298 g/mol. The molecule has 1 aromatic carbocycles. The molecule has 0 aliphatic heterocycles. The number of alkyl halides is 3. The molecule has 0 aromatic heterocycles. The number of rotatable bonds is 5. The molecule has 19 heavy (non-hydrogen) atoms. The van der Waals surface area contributed by atoms with Gasteiger partial charge in [-0.05, 0) is 31.5 Å². The Morgan fingerprint density at radius 2 is 1.68 bits per heavy atom. The Balaban J connectivity index is 2.65. The van der Waals surface area contributed by atoms with Crippen LogP contribution >= 0.6 is 0 Å². The lowest BCUT2D eigenvalue weighted by molar-refractivity contribution is -0.0547. The largest absolute Gasteiger partial charge is 0.523 e. The van der Waals surface area contributed by atoms with E-state index in [4.69, 9.17) is 4.74 Å². The Morgan fingerprint density at radius 1 is 1.16 bits per heavy atom. The normalized spacial score (nSPS) is 12.7. The first-order valence-electron chi connectivity index (χ1n) is 5.33. The fourth-order valence-corrected chi connectivity index (χ4v) is 1.57. The highest BCUT2D eigenvalue weighted by molar-refractivity contribution is 7.87. The van der Waals surface area contributed by atoms with Gasteiger partial charge in [0.05, 0.1) is 12.7 Å². The van der Waals surface area contributed by atoms with Crippen LogP contribution in [-0.2, 0) is 20.9 Å². The lowest BCUT2D eigenvalue weighted by atomic mass is 10.2. The molecule has 1 rings (SSSR count). The van der Waals surface area contributed by atoms with Crippen molar-refractivity contribution < 1.29 is 30.5 Å². The van der Waals surface area contributed by atoms with Gasteiger partial charge in [-0.25, -0.2) is 0 Å². The zero-order chi connectivity index (χ0) is 14.7. The summed E-state index contributed by atoms with van der Waals surface area (Å²) in [6.45, 7) is 2.98. The van der Waals surface area contributed by atoms with Crippen molar-refractivity contribution in [2.45, 2.75) is 32.1 Å². The van der Waals surface area contributed by atoms with Gasteiger partial charge in [0, 0.05) is 0 Å². The summed E-state index contributed by atoms with van der Waals surface area (Å²) in [5.74, 6) is 0.539. The summed E-state index contributed by atoms with van der Waals surface area (Å²) >= 11 is 0. The first-order chi connectivity index (χ1) is 8.62. The van der Waals surface area contributed by atoms with Gasteiger partial charge in [0.25, 0.3) is 0 Å². The van der Waals surface area contributed by atoms with Crippen LogP contribution in [0.4, 0.5) is 13.2 Å². The second kappa shape index (κ2) is 5.79. The van der Waals surface area contributed by atoms with Crippen LogP contribution in [0.15, 0.2) is 24.3 Å². The molecule has 0 unspecified atom stereocenters. The minimum absolute atomic E-state index is 0.0345. The quantitative estimate of drug-likeness (QED) is 0.619. The Bertz CT molecular complexity index is 506. The summed E-state index contributed by atoms with van der Waals surface area (Å²) in [6.07, 6.45) is -0.0345. The van der Waals surface area contributed by atoms with Crippen LogP contribution in [0.1, 0.15) is 19.4 Å². The van der Waals surface area contributed by atoms with Gasteiger partial charge in [-0.2, -0.15) is 21.6 Å². The van der Waals surface area contributed by atoms with Crippen LogP contribution < -0.4 is 4.74 Å². The maximum absolute atomic E-state index is 12.0. The number of ether oxygens (including phenoxy) is 1. The molecule has 0 saturated carbocycles. The van der Waals surface area contributed by atoms with E-state index in [1.165, 1.54) is 24.3 Å². The van der Waals surface area contributed by atoms with Gasteiger partial charge in [0.1, 0.15) is 5.75 Å². The van der Waals surface area contributed by atoms with E-state index >= 15 is 0 Å². The third kappa shape index (κ3) is 4.71. The molecule has 0 saturated heterocycles. The van der Waals surface area contributed by atoms with E-state index in [2.05, 4.69) is 4.18 Å². The fourth-order valence-electron chi connectivity index (χ4n) is 1.15. The first kappa shape index (κ1) is 15.8. The summed E-state index contributed by atoms with van der Waals surface area (Å²) in [5, 5.41) is 0. The molecule has 0 atom stereocenters. The molecule has 8 heteroatoms. The summed E-state index contributed by atoms with van der Waals surface area (Å²) in [5.41, 5.74) is -5.11. The molecule has 0 heterocycles. The SMILES string of the molecule is CC(C)Oc1ccc(COS(=O)(=O)C(F)(F)F)cc1. The fraction of sp³-hybridized carbons (Fsp3) is 0.455. The van der Waals surface area contributed by atoms with Gasteiger partial charge in [-0.3, -0.25) is 4.18 Å². The first-order valence-corrected chi connectivity index (χ1v) is 6.74. The van der Waals surface area contributed by atoms with Gasteiger partial charge < -0.3 is 4.74 Å². The van der Waals surface area contributed by atoms with Crippen LogP contribution in [0.5, 0.6) is 5.75 Å². The third-order valence-electron chi connectivity index (χ3n) is 1.96. The number of benzene rings is 1. The number of halogens is 3. The molecule has 0 aliphatic carbocycles. The molecule has 0 amide bonds. The zero-order valence-corrected chi connectivity index (χ0v) is 11.1. The van der Waals surface area contributed by atoms with Crippen molar-refractivity contribution in [3.63, 3.8) is 0 Å². The molecule has 0 bridgehead atoms. The highest BCUT2D eigenvalue weighted by Crippen LogP contribution is 2.25. The van der Waals surface area contributed by atoms with Gasteiger partial charge >= 0.3 is 15.6 Å². The van der Waals surface area contributed by atoms with Crippen molar-refractivity contribution in [3.8, 4) is 5.75 Å². The predicted molar refractivity (Wildman–Crippen MR) is 62.0 cm³/mol. The second-order valence-electron chi connectivity index (χ2n) is 3.97. The number of hydrogen-bond acceptors (Lipinski definition) is 4. The third-order valence-corrected chi connectivity index (χ3v) is 2.95. The van der Waals surface area contributed by atoms with E-state index in [0.717, 1.165) is 0 Å². The molecule has 0 N–H and O–H groups in total. The van der Waals surface area contributed by atoms with Crippen LogP contribution in [0.3, 0.4) is 0 Å². The Kier molecular flexibility index (Phi) is 4.81. The average molecular weight is 298 g/mol. The van der Waals surface area contributed by atoms with Crippen molar-refractivity contribution in [2.24, 2.45) is 0 Å². The molecule has 0 radical (unpaired) electrons. The Morgan fingerprint density at radius 3 is 2.11 bits per heavy atom. The van der Waals surface area contributed by atoms with Gasteiger partial charge in [0.15, 0.2) is 0 Å². The molecule has 0 fully saturated rings. The van der Waals surface area contributed by atoms with Crippen LogP contribution in [0.2, 0.25) is 0 Å². The number of hydrogen-bond donors (Lipinski definition) is 0. The molecular weight excluding hydrogens is 285 g/mol. The van der Waals surface area contributed by atoms with Crippen molar-refractivity contribution in [1.82, 2.24) is 0 Å². The zero-order valence-electron chi connectivity index (χ0n) is 10.3. The molecule has 0 spiro atoms. The van der Waals surface area contributed by atoms with Crippen LogP contribution in [0, 0.1) is 0 Å². The Labute approximate surface area is 109 Å². The van der Waals surface area contributed by atoms with Gasteiger partial charge in [-0.15, -0.1) is 0 Å². The molecule has 0 aliphatic rings. The predicted octanol–water partition coefficient (Wildman–Crippen LogP) is 2.84. The summed E-state index contributed by atoms with van der Waals surface area (Å²) in [7, 11) is -5.56. The van der Waals surface area contributed by atoms with E-state index in [9.17, 15) is 21.6 Å². The summed E-state index contributed by atoms with van der Waals surface area (Å²) in [4.78, 5) is 0. The van der Waals surface area contributed by atoms with Crippen molar-refractivity contribution in [3.05, 3.63) is 29.8 Å². The standard InChI is InChI=1S/C11H13F3O4S/c1-8(2)18-10-5-3-9(4-6-10)7-17-19(15,16)11(12,13)14/h3-6,8H,7H2,1-2H3. The van der Waals surface area contributed by atoms with Crippen LogP contribution in [0.25, 0.3) is 0 Å². The lowest BCUT2D eigenvalue weighted by Gasteiger charge is -2.11.